The number of hydrogen-bond donors (Lipinski definition) is 1. The van der Waals surface area contributed by atoms with Crippen molar-refractivity contribution in [2.24, 2.45) is 5.73 Å². The van der Waals surface area contributed by atoms with E-state index < -0.39 is 6.04 Å². The maximum absolute atomic E-state index is 12.0. The molecule has 1 saturated carbocycles. The predicted molar refractivity (Wildman–Crippen MR) is 64.0 cm³/mol. The first-order chi connectivity index (χ1) is 7.61. The van der Waals surface area contributed by atoms with Gasteiger partial charge in [-0.1, -0.05) is 0 Å². The lowest BCUT2D eigenvalue weighted by molar-refractivity contribution is -0.135. The standard InChI is InChI=1S/C11H17N3OS/c1-7(12)11(15)14(9-3-4-9)8(2)10-13-5-6-16-10/h5-9H,3-4,12H2,1-2H3. The molecule has 1 aromatic rings. The van der Waals surface area contributed by atoms with Crippen molar-refractivity contribution in [2.45, 2.75) is 44.8 Å². The SMILES string of the molecule is CC(N)C(=O)N(C1CC1)C(C)c1nccs1. The number of aromatic nitrogens is 1. The zero-order valence-electron chi connectivity index (χ0n) is 9.59. The van der Waals surface area contributed by atoms with E-state index >= 15 is 0 Å². The summed E-state index contributed by atoms with van der Waals surface area (Å²) in [5.41, 5.74) is 5.69. The normalized spacial score (nSPS) is 19.2. The summed E-state index contributed by atoms with van der Waals surface area (Å²) in [6, 6.07) is -0.00795. The summed E-state index contributed by atoms with van der Waals surface area (Å²) in [5, 5.41) is 2.92. The third kappa shape index (κ3) is 2.25. The maximum atomic E-state index is 12.0. The highest BCUT2D eigenvalue weighted by Gasteiger charge is 2.37. The van der Waals surface area contributed by atoms with E-state index in [0.29, 0.717) is 6.04 Å². The Morgan fingerprint density at radius 3 is 2.75 bits per heavy atom. The second-order valence-corrected chi connectivity index (χ2v) is 5.24. The summed E-state index contributed by atoms with van der Waals surface area (Å²) in [5.74, 6) is 0.0326. The minimum Gasteiger partial charge on any atom is -0.329 e. The van der Waals surface area contributed by atoms with Crippen molar-refractivity contribution < 1.29 is 4.79 Å². The highest BCUT2D eigenvalue weighted by Crippen LogP contribution is 2.35. The lowest BCUT2D eigenvalue weighted by Crippen LogP contribution is -2.44. The summed E-state index contributed by atoms with van der Waals surface area (Å²) in [6.07, 6.45) is 3.96. The molecule has 1 amide bonds. The number of rotatable bonds is 4. The largest absolute Gasteiger partial charge is 0.329 e. The van der Waals surface area contributed by atoms with Gasteiger partial charge >= 0.3 is 0 Å². The third-order valence-corrected chi connectivity index (χ3v) is 3.76. The molecule has 88 valence electrons. The van der Waals surface area contributed by atoms with Crippen molar-refractivity contribution in [3.05, 3.63) is 16.6 Å². The van der Waals surface area contributed by atoms with Crippen molar-refractivity contribution >= 4 is 17.2 Å². The monoisotopic (exact) mass is 239 g/mol. The molecule has 4 nitrogen and oxygen atoms in total. The molecule has 0 aliphatic heterocycles. The molecule has 0 aromatic carbocycles. The Bertz CT molecular complexity index is 359. The topological polar surface area (TPSA) is 59.2 Å². The van der Waals surface area contributed by atoms with E-state index in [2.05, 4.69) is 4.98 Å². The molecule has 0 saturated heterocycles. The van der Waals surface area contributed by atoms with E-state index in [1.807, 2.05) is 17.2 Å². The lowest BCUT2D eigenvalue weighted by Gasteiger charge is -2.29. The predicted octanol–water partition coefficient (Wildman–Crippen LogP) is 1.54. The molecule has 16 heavy (non-hydrogen) atoms. The van der Waals surface area contributed by atoms with Crippen LogP contribution in [0.3, 0.4) is 0 Å². The Labute approximate surface area is 99.5 Å². The first-order valence-corrected chi connectivity index (χ1v) is 6.46. The van der Waals surface area contributed by atoms with Crippen LogP contribution in [0.2, 0.25) is 0 Å². The first kappa shape index (κ1) is 11.5. The average molecular weight is 239 g/mol. The molecule has 0 spiro atoms. The second kappa shape index (κ2) is 4.51. The number of carbonyl (C=O) groups excluding carboxylic acids is 1. The van der Waals surface area contributed by atoms with Crippen molar-refractivity contribution in [1.29, 1.82) is 0 Å². The molecule has 1 fully saturated rings. The molecule has 2 rings (SSSR count). The highest BCUT2D eigenvalue weighted by atomic mass is 32.1. The van der Waals surface area contributed by atoms with Crippen LogP contribution in [0.25, 0.3) is 0 Å². The van der Waals surface area contributed by atoms with Gasteiger partial charge in [-0.3, -0.25) is 4.79 Å². The minimum absolute atomic E-state index is 0.0326. The molecule has 2 unspecified atom stereocenters. The fourth-order valence-electron chi connectivity index (χ4n) is 1.83. The summed E-state index contributed by atoms with van der Waals surface area (Å²) < 4.78 is 0. The lowest BCUT2D eigenvalue weighted by atomic mass is 10.2. The molecule has 2 N–H and O–H groups in total. The Morgan fingerprint density at radius 1 is 1.62 bits per heavy atom. The number of thiazole rings is 1. The Morgan fingerprint density at radius 2 is 2.31 bits per heavy atom. The molecule has 5 heteroatoms. The molecule has 2 atom stereocenters. The van der Waals surface area contributed by atoms with Crippen LogP contribution in [0.1, 0.15) is 37.7 Å². The Kier molecular flexibility index (Phi) is 3.25. The number of hydrogen-bond acceptors (Lipinski definition) is 4. The number of carbonyl (C=O) groups is 1. The van der Waals surface area contributed by atoms with Gasteiger partial charge in [-0.2, -0.15) is 0 Å². The molecule has 0 bridgehead atoms. The number of amides is 1. The van der Waals surface area contributed by atoms with Crippen molar-refractivity contribution in [3.8, 4) is 0 Å². The van der Waals surface area contributed by atoms with E-state index in [9.17, 15) is 4.79 Å². The van der Waals surface area contributed by atoms with Crippen LogP contribution in [0.4, 0.5) is 0 Å². The van der Waals surface area contributed by atoms with Crippen LogP contribution in [-0.2, 0) is 4.79 Å². The van der Waals surface area contributed by atoms with Crippen molar-refractivity contribution in [1.82, 2.24) is 9.88 Å². The summed E-state index contributed by atoms with van der Waals surface area (Å²) in [7, 11) is 0. The van der Waals surface area contributed by atoms with E-state index in [-0.39, 0.29) is 11.9 Å². The zero-order chi connectivity index (χ0) is 11.7. The van der Waals surface area contributed by atoms with Crippen LogP contribution >= 0.6 is 11.3 Å². The first-order valence-electron chi connectivity index (χ1n) is 5.58. The average Bonchev–Trinajstić information content (AvgIpc) is 2.93. The number of nitrogens with zero attached hydrogens (tertiary/aromatic N) is 2. The fourth-order valence-corrected chi connectivity index (χ4v) is 2.53. The Balaban J connectivity index is 2.16. The second-order valence-electron chi connectivity index (χ2n) is 4.31. The van der Waals surface area contributed by atoms with Crippen molar-refractivity contribution in [3.63, 3.8) is 0 Å². The van der Waals surface area contributed by atoms with Gasteiger partial charge in [0.2, 0.25) is 5.91 Å². The fraction of sp³-hybridized carbons (Fsp3) is 0.636. The van der Waals surface area contributed by atoms with E-state index in [0.717, 1.165) is 17.8 Å². The van der Waals surface area contributed by atoms with Crippen LogP contribution < -0.4 is 5.73 Å². The van der Waals surface area contributed by atoms with E-state index in [1.54, 1.807) is 24.5 Å². The quantitative estimate of drug-likeness (QED) is 0.867. The van der Waals surface area contributed by atoms with Gasteiger partial charge in [-0.25, -0.2) is 4.98 Å². The molecule has 1 aliphatic rings. The van der Waals surface area contributed by atoms with Gasteiger partial charge in [0, 0.05) is 17.6 Å². The van der Waals surface area contributed by atoms with E-state index in [1.165, 1.54) is 0 Å². The molecular formula is C11H17N3OS. The summed E-state index contributed by atoms with van der Waals surface area (Å²) in [4.78, 5) is 18.2. The van der Waals surface area contributed by atoms with Crippen LogP contribution in [0, 0.1) is 0 Å². The van der Waals surface area contributed by atoms with Crippen LogP contribution in [0.5, 0.6) is 0 Å². The van der Waals surface area contributed by atoms with Crippen molar-refractivity contribution in [2.75, 3.05) is 0 Å². The molecule has 1 heterocycles. The van der Waals surface area contributed by atoms with Crippen LogP contribution in [0.15, 0.2) is 11.6 Å². The highest BCUT2D eigenvalue weighted by molar-refractivity contribution is 7.09. The summed E-state index contributed by atoms with van der Waals surface area (Å²) >= 11 is 1.59. The maximum Gasteiger partial charge on any atom is 0.240 e. The van der Waals surface area contributed by atoms with Gasteiger partial charge in [0.1, 0.15) is 5.01 Å². The van der Waals surface area contributed by atoms with Crippen LogP contribution in [-0.4, -0.2) is 27.9 Å². The minimum atomic E-state index is -0.428. The van der Waals surface area contributed by atoms with Gasteiger partial charge in [0.25, 0.3) is 0 Å². The zero-order valence-corrected chi connectivity index (χ0v) is 10.4. The molecule has 1 aliphatic carbocycles. The molecule has 1 aromatic heterocycles. The third-order valence-electron chi connectivity index (χ3n) is 2.81. The smallest absolute Gasteiger partial charge is 0.240 e. The van der Waals surface area contributed by atoms with Gasteiger partial charge in [-0.15, -0.1) is 11.3 Å². The Hall–Kier alpha value is -0.940. The van der Waals surface area contributed by atoms with Gasteiger partial charge in [0.15, 0.2) is 0 Å². The van der Waals surface area contributed by atoms with Gasteiger partial charge in [0.05, 0.1) is 12.1 Å². The van der Waals surface area contributed by atoms with Gasteiger partial charge < -0.3 is 10.6 Å². The molecule has 0 radical (unpaired) electrons. The number of nitrogens with two attached hydrogens (primary N) is 1. The molecular weight excluding hydrogens is 222 g/mol. The van der Waals surface area contributed by atoms with Gasteiger partial charge in [-0.05, 0) is 26.7 Å². The van der Waals surface area contributed by atoms with E-state index in [4.69, 9.17) is 5.73 Å². The summed E-state index contributed by atoms with van der Waals surface area (Å²) in [6.45, 7) is 3.77.